The van der Waals surface area contributed by atoms with E-state index >= 15 is 0 Å². The average molecular weight is 383 g/mol. The highest BCUT2D eigenvalue weighted by atomic mass is 32.2. The molecule has 0 unspecified atom stereocenters. The molecule has 8 nitrogen and oxygen atoms in total. The normalized spacial score (nSPS) is 15.3. The number of rotatable bonds is 5. The Morgan fingerprint density at radius 2 is 1.89 bits per heavy atom. The lowest BCUT2D eigenvalue weighted by Crippen LogP contribution is -2.36. The quantitative estimate of drug-likeness (QED) is 0.482. The number of nitrogens with zero attached hydrogens (tertiary/aromatic N) is 2. The van der Waals surface area contributed by atoms with E-state index in [4.69, 9.17) is 0 Å². The van der Waals surface area contributed by atoms with Crippen LogP contribution in [0.4, 0.5) is 16.2 Å². The van der Waals surface area contributed by atoms with Gasteiger partial charge in [-0.2, -0.15) is 0 Å². The number of non-ortho nitro benzene ring substituents is 1. The molecule has 2 aromatic rings. The van der Waals surface area contributed by atoms with Crippen molar-refractivity contribution in [1.29, 1.82) is 0 Å². The summed E-state index contributed by atoms with van der Waals surface area (Å²) in [5, 5.41) is 12.9. The van der Waals surface area contributed by atoms with Crippen LogP contribution in [0.1, 0.15) is 5.56 Å². The van der Waals surface area contributed by atoms with Crippen molar-refractivity contribution in [3.63, 3.8) is 0 Å². The molecule has 2 aromatic carbocycles. The van der Waals surface area contributed by atoms with Gasteiger partial charge in [0.05, 0.1) is 9.83 Å². The summed E-state index contributed by atoms with van der Waals surface area (Å²) in [6.45, 7) is -0.411. The fraction of sp³-hybridized carbons (Fsp3) is 0.0556. The van der Waals surface area contributed by atoms with E-state index in [2.05, 4.69) is 5.32 Å². The van der Waals surface area contributed by atoms with Crippen LogP contribution in [0.5, 0.6) is 0 Å². The standard InChI is InChI=1S/C18H13N3O5S/c22-16(19-13-6-2-1-3-7-13)11-20-17(23)15(27-18(20)24)10-12-5-4-8-14(9-12)21(25)26/h1-10H,11H2,(H,19,22)/b15-10-. The third kappa shape index (κ3) is 4.39. The summed E-state index contributed by atoms with van der Waals surface area (Å²) in [4.78, 5) is 47.8. The van der Waals surface area contributed by atoms with Crippen LogP contribution in [0, 0.1) is 10.1 Å². The topological polar surface area (TPSA) is 110 Å². The predicted octanol–water partition coefficient (Wildman–Crippen LogP) is 3.27. The molecule has 1 heterocycles. The number of hydrogen-bond donors (Lipinski definition) is 1. The number of nitrogens with one attached hydrogen (secondary N) is 1. The van der Waals surface area contributed by atoms with Gasteiger partial charge in [-0.1, -0.05) is 30.3 Å². The van der Waals surface area contributed by atoms with Crippen molar-refractivity contribution < 1.29 is 19.3 Å². The molecule has 0 saturated carbocycles. The molecule has 0 spiro atoms. The van der Waals surface area contributed by atoms with Gasteiger partial charge >= 0.3 is 0 Å². The smallest absolute Gasteiger partial charge is 0.294 e. The first-order chi connectivity index (χ1) is 12.9. The Hall–Kier alpha value is -3.46. The summed E-state index contributed by atoms with van der Waals surface area (Å²) in [6.07, 6.45) is 1.40. The summed E-state index contributed by atoms with van der Waals surface area (Å²) in [6, 6.07) is 14.4. The lowest BCUT2D eigenvalue weighted by atomic mass is 10.2. The van der Waals surface area contributed by atoms with E-state index in [1.807, 2.05) is 0 Å². The second-order valence-corrected chi connectivity index (χ2v) is 6.53. The van der Waals surface area contributed by atoms with E-state index in [9.17, 15) is 24.5 Å². The van der Waals surface area contributed by atoms with Gasteiger partial charge in [0.1, 0.15) is 6.54 Å². The molecule has 0 radical (unpaired) electrons. The number of para-hydroxylation sites is 1. The summed E-state index contributed by atoms with van der Waals surface area (Å²) < 4.78 is 0. The number of carbonyl (C=O) groups excluding carboxylic acids is 3. The maximum atomic E-state index is 12.4. The van der Waals surface area contributed by atoms with Gasteiger partial charge in [-0.05, 0) is 35.5 Å². The molecule has 1 aliphatic rings. The molecule has 0 aromatic heterocycles. The molecular weight excluding hydrogens is 370 g/mol. The second kappa shape index (κ2) is 7.83. The molecule has 0 bridgehead atoms. The van der Waals surface area contributed by atoms with Crippen LogP contribution in [0.15, 0.2) is 59.5 Å². The van der Waals surface area contributed by atoms with Crippen molar-refractivity contribution in [3.05, 3.63) is 75.2 Å². The van der Waals surface area contributed by atoms with Gasteiger partial charge < -0.3 is 5.32 Å². The zero-order valence-electron chi connectivity index (χ0n) is 13.8. The summed E-state index contributed by atoms with van der Waals surface area (Å²) >= 11 is 0.688. The molecule has 3 rings (SSSR count). The van der Waals surface area contributed by atoms with E-state index in [-0.39, 0.29) is 10.6 Å². The predicted molar refractivity (Wildman–Crippen MR) is 101 cm³/mol. The number of anilines is 1. The molecule has 9 heteroatoms. The number of benzene rings is 2. The number of imide groups is 1. The zero-order valence-corrected chi connectivity index (χ0v) is 14.6. The minimum atomic E-state index is -0.611. The van der Waals surface area contributed by atoms with Crippen molar-refractivity contribution in [1.82, 2.24) is 4.90 Å². The third-order valence-electron chi connectivity index (χ3n) is 3.61. The van der Waals surface area contributed by atoms with Crippen molar-refractivity contribution in [2.24, 2.45) is 0 Å². The number of carbonyl (C=O) groups is 3. The van der Waals surface area contributed by atoms with Crippen LogP contribution in [0.3, 0.4) is 0 Å². The fourth-order valence-corrected chi connectivity index (χ4v) is 3.22. The number of nitro groups is 1. The first-order valence-corrected chi connectivity index (χ1v) is 8.60. The summed E-state index contributed by atoms with van der Waals surface area (Å²) in [5.74, 6) is -1.11. The van der Waals surface area contributed by atoms with E-state index in [1.54, 1.807) is 36.4 Å². The average Bonchev–Trinajstić information content (AvgIpc) is 2.90. The van der Waals surface area contributed by atoms with Crippen LogP contribution in [-0.2, 0) is 9.59 Å². The fourth-order valence-electron chi connectivity index (χ4n) is 2.38. The Kier molecular flexibility index (Phi) is 5.32. The first kappa shape index (κ1) is 18.3. The lowest BCUT2D eigenvalue weighted by molar-refractivity contribution is -0.384. The Morgan fingerprint density at radius 3 is 2.59 bits per heavy atom. The Balaban J connectivity index is 1.72. The minimum Gasteiger partial charge on any atom is -0.325 e. The van der Waals surface area contributed by atoms with Gasteiger partial charge in [-0.25, -0.2) is 0 Å². The summed E-state index contributed by atoms with van der Waals surface area (Å²) in [7, 11) is 0. The molecule has 1 saturated heterocycles. The molecular formula is C18H13N3O5S. The van der Waals surface area contributed by atoms with Crippen molar-refractivity contribution in [3.8, 4) is 0 Å². The molecule has 1 aliphatic heterocycles. The van der Waals surface area contributed by atoms with E-state index in [0.717, 1.165) is 4.90 Å². The van der Waals surface area contributed by atoms with Crippen LogP contribution < -0.4 is 5.32 Å². The highest BCUT2D eigenvalue weighted by Gasteiger charge is 2.36. The van der Waals surface area contributed by atoms with Crippen LogP contribution >= 0.6 is 11.8 Å². The third-order valence-corrected chi connectivity index (χ3v) is 4.52. The van der Waals surface area contributed by atoms with Crippen molar-refractivity contribution in [2.45, 2.75) is 0 Å². The van der Waals surface area contributed by atoms with Gasteiger partial charge in [-0.15, -0.1) is 0 Å². The molecule has 0 atom stereocenters. The van der Waals surface area contributed by atoms with Crippen LogP contribution in [0.25, 0.3) is 6.08 Å². The Bertz CT molecular complexity index is 958. The van der Waals surface area contributed by atoms with E-state index in [1.165, 1.54) is 24.3 Å². The first-order valence-electron chi connectivity index (χ1n) is 7.79. The second-order valence-electron chi connectivity index (χ2n) is 5.53. The molecule has 3 amide bonds. The molecule has 1 N–H and O–H groups in total. The zero-order chi connectivity index (χ0) is 19.4. The van der Waals surface area contributed by atoms with E-state index in [0.29, 0.717) is 23.0 Å². The molecule has 27 heavy (non-hydrogen) atoms. The molecule has 136 valence electrons. The van der Waals surface area contributed by atoms with Gasteiger partial charge in [0.2, 0.25) is 5.91 Å². The van der Waals surface area contributed by atoms with Gasteiger partial charge in [0, 0.05) is 17.8 Å². The number of nitro benzene ring substituents is 1. The number of thioether (sulfide) groups is 1. The summed E-state index contributed by atoms with van der Waals surface area (Å²) in [5.41, 5.74) is 0.857. The van der Waals surface area contributed by atoms with Crippen molar-refractivity contribution >= 4 is 46.3 Å². The monoisotopic (exact) mass is 383 g/mol. The minimum absolute atomic E-state index is 0.105. The van der Waals surface area contributed by atoms with Gasteiger partial charge in [0.25, 0.3) is 16.8 Å². The Labute approximate surface area is 158 Å². The Morgan fingerprint density at radius 1 is 1.15 bits per heavy atom. The van der Waals surface area contributed by atoms with E-state index < -0.39 is 28.5 Å². The number of hydrogen-bond acceptors (Lipinski definition) is 6. The lowest BCUT2D eigenvalue weighted by Gasteiger charge is -2.12. The highest BCUT2D eigenvalue weighted by molar-refractivity contribution is 8.18. The molecule has 1 fully saturated rings. The van der Waals surface area contributed by atoms with Gasteiger partial charge in [0.15, 0.2) is 0 Å². The SMILES string of the molecule is O=C(CN1C(=O)S/C(=C\c2cccc([N+](=O)[O-])c2)C1=O)Nc1ccccc1. The van der Waals surface area contributed by atoms with Crippen LogP contribution in [-0.4, -0.2) is 33.4 Å². The molecule has 0 aliphatic carbocycles. The highest BCUT2D eigenvalue weighted by Crippen LogP contribution is 2.32. The van der Waals surface area contributed by atoms with Crippen molar-refractivity contribution in [2.75, 3.05) is 11.9 Å². The maximum absolute atomic E-state index is 12.4. The largest absolute Gasteiger partial charge is 0.325 e. The van der Waals surface area contributed by atoms with Crippen LogP contribution in [0.2, 0.25) is 0 Å². The maximum Gasteiger partial charge on any atom is 0.294 e. The number of amides is 3. The van der Waals surface area contributed by atoms with Gasteiger partial charge in [-0.3, -0.25) is 29.4 Å².